The van der Waals surface area contributed by atoms with E-state index in [-0.39, 0.29) is 12.5 Å². The van der Waals surface area contributed by atoms with Crippen molar-refractivity contribution in [2.75, 3.05) is 6.61 Å². The Labute approximate surface area is 122 Å². The number of amides is 1. The van der Waals surface area contributed by atoms with Gasteiger partial charge in [-0.3, -0.25) is 4.79 Å². The Kier molecular flexibility index (Phi) is 4.98. The number of benzene rings is 1. The molecule has 0 spiro atoms. The minimum atomic E-state index is -1.02. The lowest BCUT2D eigenvalue weighted by Crippen LogP contribution is -2.58. The second kappa shape index (κ2) is 5.92. The van der Waals surface area contributed by atoms with E-state index in [1.54, 1.807) is 39.8 Å². The number of ether oxygens (including phenoxy) is 1. The van der Waals surface area contributed by atoms with Crippen LogP contribution in [-0.2, 0) is 4.79 Å². The summed E-state index contributed by atoms with van der Waals surface area (Å²) in [5, 5.41) is 12.7. The molecule has 0 radical (unpaired) electrons. The Balaban J connectivity index is 2.53. The molecule has 4 nitrogen and oxygen atoms in total. The standard InChI is InChI=1S/C14H20BrNO3/c1-13(2,14(3,4)18)16-12(17)9-19-11-7-5-6-10(15)8-11/h5-8,18H,9H2,1-4H3,(H,16,17). The number of carbonyl (C=O) groups excluding carboxylic acids is 1. The number of hydrogen-bond donors (Lipinski definition) is 2. The van der Waals surface area contributed by atoms with E-state index in [1.807, 2.05) is 12.1 Å². The van der Waals surface area contributed by atoms with E-state index in [9.17, 15) is 9.90 Å². The molecule has 1 rings (SSSR count). The monoisotopic (exact) mass is 329 g/mol. The molecule has 5 heteroatoms. The van der Waals surface area contributed by atoms with Crippen molar-refractivity contribution in [3.63, 3.8) is 0 Å². The lowest BCUT2D eigenvalue weighted by Gasteiger charge is -2.37. The van der Waals surface area contributed by atoms with Gasteiger partial charge >= 0.3 is 0 Å². The minimum absolute atomic E-state index is 0.0873. The lowest BCUT2D eigenvalue weighted by atomic mass is 9.86. The average Bonchev–Trinajstić information content (AvgIpc) is 2.24. The second-order valence-corrected chi connectivity index (χ2v) is 6.39. The Morgan fingerprint density at radius 3 is 2.53 bits per heavy atom. The third-order valence-corrected chi connectivity index (χ3v) is 3.64. The van der Waals surface area contributed by atoms with Crippen LogP contribution in [0.3, 0.4) is 0 Å². The van der Waals surface area contributed by atoms with Crippen molar-refractivity contribution in [2.24, 2.45) is 0 Å². The Morgan fingerprint density at radius 2 is 2.00 bits per heavy atom. The van der Waals surface area contributed by atoms with E-state index >= 15 is 0 Å². The molecule has 0 bridgehead atoms. The highest BCUT2D eigenvalue weighted by Crippen LogP contribution is 2.21. The molecular weight excluding hydrogens is 310 g/mol. The topological polar surface area (TPSA) is 58.6 Å². The first-order valence-corrected chi connectivity index (χ1v) is 6.83. The zero-order chi connectivity index (χ0) is 14.7. The summed E-state index contributed by atoms with van der Waals surface area (Å²) in [4.78, 5) is 11.8. The maximum Gasteiger partial charge on any atom is 0.258 e. The van der Waals surface area contributed by atoms with Gasteiger partial charge in [-0.15, -0.1) is 0 Å². The van der Waals surface area contributed by atoms with Crippen molar-refractivity contribution in [1.29, 1.82) is 0 Å². The quantitative estimate of drug-likeness (QED) is 0.872. The Morgan fingerprint density at radius 1 is 1.37 bits per heavy atom. The molecule has 19 heavy (non-hydrogen) atoms. The van der Waals surface area contributed by atoms with Gasteiger partial charge in [0.05, 0.1) is 11.1 Å². The van der Waals surface area contributed by atoms with E-state index in [2.05, 4.69) is 21.2 Å². The van der Waals surface area contributed by atoms with Gasteiger partial charge in [0.2, 0.25) is 0 Å². The molecule has 0 saturated carbocycles. The molecule has 1 amide bonds. The molecule has 0 aromatic heterocycles. The Bertz CT molecular complexity index is 452. The van der Waals surface area contributed by atoms with Crippen molar-refractivity contribution in [1.82, 2.24) is 5.32 Å². The lowest BCUT2D eigenvalue weighted by molar-refractivity contribution is -0.128. The summed E-state index contributed by atoms with van der Waals surface area (Å²) in [7, 11) is 0. The summed E-state index contributed by atoms with van der Waals surface area (Å²) in [6.45, 7) is 6.76. The van der Waals surface area contributed by atoms with Crippen LogP contribution in [0.4, 0.5) is 0 Å². The molecule has 2 N–H and O–H groups in total. The predicted molar refractivity (Wildman–Crippen MR) is 78.2 cm³/mol. The average molecular weight is 330 g/mol. The number of aliphatic hydroxyl groups is 1. The normalized spacial score (nSPS) is 12.1. The van der Waals surface area contributed by atoms with Gasteiger partial charge in [-0.1, -0.05) is 22.0 Å². The summed E-state index contributed by atoms with van der Waals surface area (Å²) < 4.78 is 6.27. The second-order valence-electron chi connectivity index (χ2n) is 5.48. The van der Waals surface area contributed by atoms with Gasteiger partial charge < -0.3 is 15.2 Å². The van der Waals surface area contributed by atoms with E-state index in [0.717, 1.165) is 4.47 Å². The van der Waals surface area contributed by atoms with Crippen LogP contribution in [0.2, 0.25) is 0 Å². The highest BCUT2D eigenvalue weighted by molar-refractivity contribution is 9.10. The van der Waals surface area contributed by atoms with Crippen molar-refractivity contribution < 1.29 is 14.6 Å². The molecule has 0 aliphatic rings. The van der Waals surface area contributed by atoms with Crippen LogP contribution in [0.5, 0.6) is 5.75 Å². The number of halogens is 1. The van der Waals surface area contributed by atoms with Crippen LogP contribution in [0, 0.1) is 0 Å². The molecule has 0 heterocycles. The fourth-order valence-corrected chi connectivity index (χ4v) is 1.62. The van der Waals surface area contributed by atoms with Crippen LogP contribution in [0.1, 0.15) is 27.7 Å². The number of rotatable bonds is 5. The zero-order valence-corrected chi connectivity index (χ0v) is 13.2. The molecular formula is C14H20BrNO3. The fraction of sp³-hybridized carbons (Fsp3) is 0.500. The van der Waals surface area contributed by atoms with Crippen LogP contribution in [-0.4, -0.2) is 28.8 Å². The summed E-state index contributed by atoms with van der Waals surface area (Å²) in [6.07, 6.45) is 0. The van der Waals surface area contributed by atoms with Crippen LogP contribution in [0.25, 0.3) is 0 Å². The van der Waals surface area contributed by atoms with Crippen LogP contribution in [0.15, 0.2) is 28.7 Å². The van der Waals surface area contributed by atoms with Crippen molar-refractivity contribution in [2.45, 2.75) is 38.8 Å². The molecule has 0 unspecified atom stereocenters. The maximum absolute atomic E-state index is 11.8. The van der Waals surface area contributed by atoms with Crippen LogP contribution >= 0.6 is 15.9 Å². The first kappa shape index (κ1) is 16.0. The summed E-state index contributed by atoms with van der Waals surface area (Å²) >= 11 is 3.33. The van der Waals surface area contributed by atoms with E-state index < -0.39 is 11.1 Å². The van der Waals surface area contributed by atoms with Gasteiger partial charge in [-0.25, -0.2) is 0 Å². The molecule has 0 aliphatic carbocycles. The van der Waals surface area contributed by atoms with Gasteiger partial charge in [0, 0.05) is 4.47 Å². The zero-order valence-electron chi connectivity index (χ0n) is 11.7. The van der Waals surface area contributed by atoms with Crippen LogP contribution < -0.4 is 10.1 Å². The SMILES string of the molecule is CC(C)(O)C(C)(C)NC(=O)COc1cccc(Br)c1. The van der Waals surface area contributed by atoms with Gasteiger partial charge in [0.1, 0.15) is 5.75 Å². The molecule has 1 aromatic carbocycles. The van der Waals surface area contributed by atoms with Crippen molar-refractivity contribution >= 4 is 21.8 Å². The van der Waals surface area contributed by atoms with Crippen molar-refractivity contribution in [3.8, 4) is 5.75 Å². The van der Waals surface area contributed by atoms with Gasteiger partial charge in [-0.05, 0) is 45.9 Å². The van der Waals surface area contributed by atoms with Gasteiger partial charge in [0.15, 0.2) is 6.61 Å². The first-order valence-electron chi connectivity index (χ1n) is 6.03. The molecule has 0 fully saturated rings. The molecule has 0 aliphatic heterocycles. The summed E-state index contributed by atoms with van der Waals surface area (Å²) in [5.41, 5.74) is -1.75. The van der Waals surface area contributed by atoms with E-state index in [0.29, 0.717) is 5.75 Å². The largest absolute Gasteiger partial charge is 0.484 e. The number of carbonyl (C=O) groups is 1. The van der Waals surface area contributed by atoms with Gasteiger partial charge in [-0.2, -0.15) is 0 Å². The third-order valence-electron chi connectivity index (χ3n) is 3.15. The van der Waals surface area contributed by atoms with Crippen molar-refractivity contribution in [3.05, 3.63) is 28.7 Å². The molecule has 0 atom stereocenters. The first-order chi connectivity index (χ1) is 8.62. The fourth-order valence-electron chi connectivity index (χ4n) is 1.24. The van der Waals surface area contributed by atoms with E-state index in [4.69, 9.17) is 4.74 Å². The minimum Gasteiger partial charge on any atom is -0.484 e. The highest BCUT2D eigenvalue weighted by atomic mass is 79.9. The third kappa shape index (κ3) is 4.84. The number of hydrogen-bond acceptors (Lipinski definition) is 3. The molecule has 106 valence electrons. The maximum atomic E-state index is 11.8. The number of nitrogens with one attached hydrogen (secondary N) is 1. The molecule has 0 saturated heterocycles. The summed E-state index contributed by atoms with van der Waals surface area (Å²) in [5.74, 6) is 0.345. The smallest absolute Gasteiger partial charge is 0.258 e. The highest BCUT2D eigenvalue weighted by Gasteiger charge is 2.36. The molecule has 1 aromatic rings. The Hall–Kier alpha value is -1.07. The van der Waals surface area contributed by atoms with Gasteiger partial charge in [0.25, 0.3) is 5.91 Å². The van der Waals surface area contributed by atoms with E-state index in [1.165, 1.54) is 0 Å². The summed E-state index contributed by atoms with van der Waals surface area (Å²) in [6, 6.07) is 7.27. The predicted octanol–water partition coefficient (Wildman–Crippen LogP) is 2.49.